The largest absolute Gasteiger partial charge is 0.440 e. The molecule has 3 nitrogen and oxygen atoms in total. The number of aromatic nitrogens is 1. The van der Waals surface area contributed by atoms with Gasteiger partial charge in [0.15, 0.2) is 11.5 Å². The lowest BCUT2D eigenvalue weighted by molar-refractivity contribution is 0.522. The van der Waals surface area contributed by atoms with Gasteiger partial charge in [0.2, 0.25) is 0 Å². The van der Waals surface area contributed by atoms with Crippen LogP contribution < -0.4 is 0 Å². The molecular formula is C13H13BrN2O. The van der Waals surface area contributed by atoms with E-state index in [0.29, 0.717) is 12.8 Å². The fourth-order valence-corrected chi connectivity index (χ4v) is 2.31. The molecule has 0 aliphatic heterocycles. The Hall–Kier alpha value is -1.34. The van der Waals surface area contributed by atoms with Crippen molar-refractivity contribution in [1.82, 2.24) is 4.98 Å². The summed E-state index contributed by atoms with van der Waals surface area (Å²) in [5.74, 6) is 0.777. The summed E-state index contributed by atoms with van der Waals surface area (Å²) in [6, 6.07) is 6.07. The van der Waals surface area contributed by atoms with Crippen molar-refractivity contribution in [2.75, 3.05) is 0 Å². The van der Waals surface area contributed by atoms with E-state index in [2.05, 4.69) is 33.9 Å². The van der Waals surface area contributed by atoms with Crippen LogP contribution in [0.5, 0.6) is 0 Å². The molecule has 88 valence electrons. The van der Waals surface area contributed by atoms with E-state index in [1.165, 1.54) is 0 Å². The van der Waals surface area contributed by atoms with Crippen LogP contribution in [0.15, 0.2) is 21.0 Å². The van der Waals surface area contributed by atoms with Crippen molar-refractivity contribution in [3.8, 4) is 6.07 Å². The smallest absolute Gasteiger partial charge is 0.195 e. The minimum absolute atomic E-state index is 0.488. The molecule has 4 heteroatoms. The molecule has 1 aromatic carbocycles. The van der Waals surface area contributed by atoms with Gasteiger partial charge in [-0.25, -0.2) is 4.98 Å². The Labute approximate surface area is 109 Å². The fourth-order valence-electron chi connectivity index (χ4n) is 1.80. The summed E-state index contributed by atoms with van der Waals surface area (Å²) >= 11 is 3.50. The summed E-state index contributed by atoms with van der Waals surface area (Å²) in [5, 5.41) is 8.67. The number of nitrogens with zero attached hydrogens (tertiary/aromatic N) is 2. The Balaban J connectivity index is 2.48. The topological polar surface area (TPSA) is 49.8 Å². The molecule has 2 rings (SSSR count). The van der Waals surface area contributed by atoms with Gasteiger partial charge in [0.05, 0.1) is 6.07 Å². The van der Waals surface area contributed by atoms with Gasteiger partial charge < -0.3 is 4.42 Å². The van der Waals surface area contributed by atoms with Crippen LogP contribution in [-0.4, -0.2) is 4.98 Å². The summed E-state index contributed by atoms with van der Waals surface area (Å²) in [5.41, 5.74) is 2.74. The van der Waals surface area contributed by atoms with Crippen LogP contribution in [0.1, 0.15) is 31.2 Å². The van der Waals surface area contributed by atoms with E-state index in [1.807, 2.05) is 12.1 Å². The molecular weight excluding hydrogens is 280 g/mol. The quantitative estimate of drug-likeness (QED) is 0.856. The summed E-state index contributed by atoms with van der Waals surface area (Å²) in [6.07, 6.45) is 3.04. The number of rotatable bonds is 4. The van der Waals surface area contributed by atoms with Gasteiger partial charge >= 0.3 is 0 Å². The summed E-state index contributed by atoms with van der Waals surface area (Å²) < 4.78 is 6.75. The van der Waals surface area contributed by atoms with Crippen molar-refractivity contribution >= 4 is 27.0 Å². The molecule has 17 heavy (non-hydrogen) atoms. The number of nitriles is 1. The van der Waals surface area contributed by atoms with Crippen LogP contribution in [0.3, 0.4) is 0 Å². The molecule has 1 aromatic heterocycles. The van der Waals surface area contributed by atoms with Crippen molar-refractivity contribution in [2.45, 2.75) is 32.6 Å². The van der Waals surface area contributed by atoms with Gasteiger partial charge in [0, 0.05) is 22.9 Å². The molecule has 0 aliphatic carbocycles. The molecule has 0 aliphatic rings. The van der Waals surface area contributed by atoms with Gasteiger partial charge in [0.1, 0.15) is 5.52 Å². The predicted octanol–water partition coefficient (Wildman–Crippen LogP) is 4.00. The van der Waals surface area contributed by atoms with Crippen LogP contribution in [0, 0.1) is 11.3 Å². The first-order chi connectivity index (χ1) is 8.26. The summed E-state index contributed by atoms with van der Waals surface area (Å²) in [4.78, 5) is 4.44. The Morgan fingerprint density at radius 1 is 1.41 bits per heavy atom. The van der Waals surface area contributed by atoms with Crippen LogP contribution in [-0.2, 0) is 12.8 Å². The third-order valence-electron chi connectivity index (χ3n) is 2.60. The SMILES string of the molecule is CCCc1nc2ccc(Br)c(CCC#N)c2o1. The van der Waals surface area contributed by atoms with Crippen molar-refractivity contribution in [2.24, 2.45) is 0 Å². The minimum Gasteiger partial charge on any atom is -0.440 e. The maximum Gasteiger partial charge on any atom is 0.195 e. The summed E-state index contributed by atoms with van der Waals surface area (Å²) in [6.45, 7) is 2.10. The summed E-state index contributed by atoms with van der Waals surface area (Å²) in [7, 11) is 0. The number of hydrogen-bond acceptors (Lipinski definition) is 3. The second-order valence-corrected chi connectivity index (χ2v) is 4.74. The highest BCUT2D eigenvalue weighted by molar-refractivity contribution is 9.10. The first-order valence-corrected chi connectivity index (χ1v) is 6.49. The Morgan fingerprint density at radius 2 is 2.24 bits per heavy atom. The molecule has 0 saturated heterocycles. The number of oxazole rings is 1. The fraction of sp³-hybridized carbons (Fsp3) is 0.385. The minimum atomic E-state index is 0.488. The predicted molar refractivity (Wildman–Crippen MR) is 69.6 cm³/mol. The number of fused-ring (bicyclic) bond motifs is 1. The van der Waals surface area contributed by atoms with Crippen LogP contribution in [0.2, 0.25) is 0 Å². The second-order valence-electron chi connectivity index (χ2n) is 3.89. The zero-order valence-corrected chi connectivity index (χ0v) is 11.2. The number of hydrogen-bond donors (Lipinski definition) is 0. The van der Waals surface area contributed by atoms with Crippen LogP contribution >= 0.6 is 15.9 Å². The maximum absolute atomic E-state index is 8.67. The average molecular weight is 293 g/mol. The lowest BCUT2D eigenvalue weighted by atomic mass is 10.1. The first-order valence-electron chi connectivity index (χ1n) is 5.70. The average Bonchev–Trinajstić information content (AvgIpc) is 2.71. The van der Waals surface area contributed by atoms with E-state index in [-0.39, 0.29) is 0 Å². The zero-order valence-electron chi connectivity index (χ0n) is 9.66. The van der Waals surface area contributed by atoms with Crippen molar-refractivity contribution < 1.29 is 4.42 Å². The van der Waals surface area contributed by atoms with E-state index in [0.717, 1.165) is 39.9 Å². The molecule has 0 fully saturated rings. The lowest BCUT2D eigenvalue weighted by Crippen LogP contribution is -1.87. The molecule has 0 amide bonds. The highest BCUT2D eigenvalue weighted by Gasteiger charge is 2.12. The number of halogens is 1. The first kappa shape index (κ1) is 12.1. The van der Waals surface area contributed by atoms with Gasteiger partial charge in [-0.05, 0) is 25.0 Å². The van der Waals surface area contributed by atoms with Crippen molar-refractivity contribution in [3.05, 3.63) is 28.1 Å². The van der Waals surface area contributed by atoms with Gasteiger partial charge in [-0.2, -0.15) is 5.26 Å². The Morgan fingerprint density at radius 3 is 2.94 bits per heavy atom. The molecule has 0 saturated carbocycles. The van der Waals surface area contributed by atoms with Gasteiger partial charge in [0.25, 0.3) is 0 Å². The molecule has 0 unspecified atom stereocenters. The normalized spacial score (nSPS) is 10.6. The second kappa shape index (κ2) is 5.33. The van der Waals surface area contributed by atoms with E-state index >= 15 is 0 Å². The number of benzene rings is 1. The molecule has 0 N–H and O–H groups in total. The molecule has 0 bridgehead atoms. The molecule has 0 spiro atoms. The highest BCUT2D eigenvalue weighted by Crippen LogP contribution is 2.28. The Kier molecular flexibility index (Phi) is 3.80. The zero-order chi connectivity index (χ0) is 12.3. The lowest BCUT2D eigenvalue weighted by Gasteiger charge is -2.01. The van der Waals surface area contributed by atoms with Gasteiger partial charge in [-0.1, -0.05) is 22.9 Å². The highest BCUT2D eigenvalue weighted by atomic mass is 79.9. The monoisotopic (exact) mass is 292 g/mol. The molecule has 0 atom stereocenters. The van der Waals surface area contributed by atoms with E-state index in [9.17, 15) is 0 Å². The van der Waals surface area contributed by atoms with E-state index in [1.54, 1.807) is 0 Å². The molecule has 0 radical (unpaired) electrons. The van der Waals surface area contributed by atoms with Gasteiger partial charge in [-0.15, -0.1) is 0 Å². The van der Waals surface area contributed by atoms with E-state index in [4.69, 9.17) is 9.68 Å². The van der Waals surface area contributed by atoms with E-state index < -0.39 is 0 Å². The number of aryl methyl sites for hydroxylation is 2. The van der Waals surface area contributed by atoms with Crippen molar-refractivity contribution in [1.29, 1.82) is 5.26 Å². The van der Waals surface area contributed by atoms with Crippen LogP contribution in [0.25, 0.3) is 11.1 Å². The maximum atomic E-state index is 8.67. The van der Waals surface area contributed by atoms with Crippen LogP contribution in [0.4, 0.5) is 0 Å². The van der Waals surface area contributed by atoms with Crippen molar-refractivity contribution in [3.63, 3.8) is 0 Å². The third-order valence-corrected chi connectivity index (χ3v) is 3.34. The molecule has 2 aromatic rings. The van der Waals surface area contributed by atoms with Gasteiger partial charge in [-0.3, -0.25) is 0 Å². The standard InChI is InChI=1S/C13H13BrN2O/c1-2-4-12-16-11-7-6-10(14)9(5-3-8-15)13(11)17-12/h6-7H,2-5H2,1H3. The molecule has 1 heterocycles. The Bertz CT molecular complexity index is 569. The third kappa shape index (κ3) is 2.50.